The number of nitrogens with zero attached hydrogens (tertiary/aromatic N) is 15. The maximum atomic E-state index is 12.8. The first-order valence-electron chi connectivity index (χ1n) is 48.8. The zero-order valence-electron chi connectivity index (χ0n) is 87.2. The van der Waals surface area contributed by atoms with E-state index in [2.05, 4.69) is 180 Å². The van der Waals surface area contributed by atoms with Crippen LogP contribution in [0.15, 0.2) is 219 Å². The Hall–Kier alpha value is -12.9. The second-order valence-electron chi connectivity index (χ2n) is 39.8. The molecule has 4 atom stereocenters. The Morgan fingerprint density at radius 1 is 0.324 bits per heavy atom. The van der Waals surface area contributed by atoms with Crippen LogP contribution in [0.3, 0.4) is 0 Å². The van der Waals surface area contributed by atoms with Crippen LogP contribution in [0, 0.1) is 58.3 Å². The van der Waals surface area contributed by atoms with E-state index in [1.807, 2.05) is 181 Å². The standard InChI is InChI=1S/C24H27N3O3S.C24H29N3O3S.C23H27N3O3S.C21H23N3O3S.C20H20BrN3O3S/c1-14(22(29)30)13-21(28)24(3,4)31-23-26-25-15(2)27(23)20-12-11-17(16-9-10-16)18-7-5-6-8-19(18)20;1-14(2)17-11-12-20(19-10-8-7-9-18(17)19)27-16(4)25-26-23(27)31-24(5,6)21(28)13-15(3)22(29)30;1-6-16-11-12-19(18-10-8-7-9-17(16)18)26-15(3)24-25-22(26)30-23(4,5)20(27)13-14(2)21(28)29;1-13(19(26)27)12-18(25)21(3,4)28-20-23-22-14(2)24(20)17-11-7-9-15-8-5-6-10-16(15)17;1-12-8-9-15(14-7-5-4-6-13(12)14)24-18(21)22-23-19(24)28-20(2,3)16(25)10-11-17(26)27/h5-8,11-12,14,16H,9-10,13H2,1-4H3,(H,29,30);7-12,14-15H,13H2,1-6H3,(H,29,30);7-12,14H,6,13H2,1-5H3,(H,28,29);5-11,13H,12H2,1-4H3,(H,26,27);4-9H,10-11H2,1-3H3,(H,26,27). The molecule has 0 spiro atoms. The molecule has 1 aliphatic rings. The number of carboxylic acid groups (broad SMARTS) is 5. The van der Waals surface area contributed by atoms with Crippen molar-refractivity contribution in [2.75, 3.05) is 0 Å². The van der Waals surface area contributed by atoms with Gasteiger partial charge in [-0.3, -0.25) is 70.8 Å². The summed E-state index contributed by atoms with van der Waals surface area (Å²) in [6.07, 6.45) is 3.15. The minimum absolute atomic E-state index is 0.0124. The van der Waals surface area contributed by atoms with Crippen LogP contribution in [0.25, 0.3) is 82.3 Å². The van der Waals surface area contributed by atoms with Gasteiger partial charge in [-0.25, -0.2) is 0 Å². The lowest BCUT2D eigenvalue weighted by Crippen LogP contribution is -2.31. The second kappa shape index (κ2) is 48.2. The molecular weight excluding hydrogens is 2040 g/mol. The third-order valence-electron chi connectivity index (χ3n) is 26.1. The minimum atomic E-state index is -0.980. The Labute approximate surface area is 890 Å². The number of aromatic nitrogens is 15. The Balaban J connectivity index is 0.000000164. The normalized spacial score (nSPS) is 13.2. The van der Waals surface area contributed by atoms with Crippen molar-refractivity contribution in [3.05, 3.63) is 238 Å². The van der Waals surface area contributed by atoms with Gasteiger partial charge in [-0.1, -0.05) is 265 Å². The number of fused-ring (bicyclic) bond motifs is 5. The van der Waals surface area contributed by atoms with Crippen molar-refractivity contribution in [3.63, 3.8) is 0 Å². The summed E-state index contributed by atoms with van der Waals surface area (Å²) in [6.45, 7) is 40.3. The highest BCUT2D eigenvalue weighted by Crippen LogP contribution is 2.48. The summed E-state index contributed by atoms with van der Waals surface area (Å²) in [4.78, 5) is 119. The molecule has 0 saturated heterocycles. The van der Waals surface area contributed by atoms with Crippen molar-refractivity contribution in [2.24, 2.45) is 23.7 Å². The Morgan fingerprint density at radius 3 is 1.01 bits per heavy atom. The first kappa shape index (κ1) is 114. The van der Waals surface area contributed by atoms with Gasteiger partial charge in [0.1, 0.15) is 52.2 Å². The zero-order chi connectivity index (χ0) is 108. The third-order valence-corrected chi connectivity index (χ3v) is 32.5. The fraction of sp³-hybridized carbons (Fsp3) is 0.375. The maximum absolute atomic E-state index is 12.8. The first-order valence-corrected chi connectivity index (χ1v) is 53.7. The lowest BCUT2D eigenvalue weighted by molar-refractivity contribution is -0.143. The average Bonchev–Trinajstić information content (AvgIpc) is 1.56. The molecule has 0 bridgehead atoms. The molecule has 16 rings (SSSR count). The van der Waals surface area contributed by atoms with E-state index in [4.69, 9.17) is 25.5 Å². The summed E-state index contributed by atoms with van der Waals surface area (Å²) in [6, 6.07) is 63.9. The summed E-state index contributed by atoms with van der Waals surface area (Å²) < 4.78 is 6.15. The van der Waals surface area contributed by atoms with Crippen molar-refractivity contribution in [2.45, 2.75) is 271 Å². The molecule has 0 radical (unpaired) electrons. The van der Waals surface area contributed by atoms with Crippen LogP contribution < -0.4 is 0 Å². The van der Waals surface area contributed by atoms with E-state index >= 15 is 0 Å². The fourth-order valence-corrected chi connectivity index (χ4v) is 22.6. The number of ketones is 5. The summed E-state index contributed by atoms with van der Waals surface area (Å²) in [5.41, 5.74) is 9.89. The SMILES string of the molecule is CCc1ccc(-n2c(C)nnc2SC(C)(C)C(=O)CC(C)C(=O)O)c2ccccc12.Cc1ccc(-n2c(Br)nnc2SC(C)(C)C(=O)CCC(=O)O)c2ccccc12.Cc1nnc(SC(C)(C)C(=O)CC(C)C(=O)O)n1-c1ccc(C(C)C)c2ccccc12.Cc1nnc(SC(C)(C)C(=O)CC(C)C(=O)O)n1-c1ccc(C2CC2)c2ccccc12.Cc1nnc(SC(C)(C)C(=O)CC(C)C(=O)O)n1-c1cccc2ccccc12. The topological polar surface area (TPSA) is 425 Å². The number of halogens is 1. The van der Waals surface area contributed by atoms with E-state index in [9.17, 15) is 47.9 Å². The maximum Gasteiger partial charge on any atom is 0.306 e. The molecule has 30 nitrogen and oxygen atoms in total. The van der Waals surface area contributed by atoms with Gasteiger partial charge < -0.3 is 25.5 Å². The van der Waals surface area contributed by atoms with Crippen LogP contribution in [0.2, 0.25) is 0 Å². The van der Waals surface area contributed by atoms with E-state index in [0.717, 1.165) is 95.9 Å². The van der Waals surface area contributed by atoms with Crippen molar-refractivity contribution in [1.29, 1.82) is 0 Å². The highest BCUT2D eigenvalue weighted by molar-refractivity contribution is 9.10. The van der Waals surface area contributed by atoms with Crippen molar-refractivity contribution >= 4 is 187 Å². The summed E-state index contributed by atoms with van der Waals surface area (Å²) in [5.74, 6) is -4.40. The van der Waals surface area contributed by atoms with E-state index < -0.39 is 77.3 Å². The highest BCUT2D eigenvalue weighted by atomic mass is 79.9. The number of rotatable bonds is 38. The predicted molar refractivity (Wildman–Crippen MR) is 588 cm³/mol. The van der Waals surface area contributed by atoms with E-state index in [-0.39, 0.29) is 67.4 Å². The molecular formula is C112H126BrN15O15S5. The van der Waals surface area contributed by atoms with Crippen LogP contribution in [-0.4, -0.2) is 182 Å². The lowest BCUT2D eigenvalue weighted by Gasteiger charge is -2.23. The summed E-state index contributed by atoms with van der Waals surface area (Å²) in [5, 5.41) is 103. The largest absolute Gasteiger partial charge is 0.481 e. The van der Waals surface area contributed by atoms with E-state index in [0.29, 0.717) is 42.4 Å². The molecule has 1 aliphatic carbocycles. The van der Waals surface area contributed by atoms with Crippen LogP contribution >= 0.6 is 74.7 Å². The molecule has 36 heteroatoms. The number of carbonyl (C=O) groups excluding carboxylic acids is 5. The summed E-state index contributed by atoms with van der Waals surface area (Å²) in [7, 11) is 0. The van der Waals surface area contributed by atoms with Crippen LogP contribution in [0.5, 0.6) is 0 Å². The number of carboxylic acids is 5. The van der Waals surface area contributed by atoms with Gasteiger partial charge in [0.2, 0.25) is 4.73 Å². The monoisotopic (exact) mass is 2160 g/mol. The van der Waals surface area contributed by atoms with Gasteiger partial charge >= 0.3 is 29.8 Å². The average molecular weight is 2160 g/mol. The zero-order valence-corrected chi connectivity index (χ0v) is 92.8. The number of benzene rings is 10. The number of carbonyl (C=O) groups is 10. The molecule has 0 aliphatic heterocycles. The number of Topliss-reactive ketones (excluding diaryl/α,β-unsaturated/α-hetero) is 5. The molecule has 148 heavy (non-hydrogen) atoms. The number of aryl methyl sites for hydroxylation is 6. The van der Waals surface area contributed by atoms with Crippen LogP contribution in [0.4, 0.5) is 0 Å². The van der Waals surface area contributed by atoms with Gasteiger partial charge in [0.05, 0.1) is 82.3 Å². The molecule has 5 heterocycles. The molecule has 0 amide bonds. The second-order valence-corrected chi connectivity index (χ2v) is 48.5. The Morgan fingerprint density at radius 2 is 0.622 bits per heavy atom. The molecule has 1 saturated carbocycles. The van der Waals surface area contributed by atoms with Crippen molar-refractivity contribution in [1.82, 2.24) is 73.8 Å². The summed E-state index contributed by atoms with van der Waals surface area (Å²) >= 11 is 10.0. The highest BCUT2D eigenvalue weighted by Gasteiger charge is 2.40. The molecule has 10 aromatic carbocycles. The van der Waals surface area contributed by atoms with Gasteiger partial charge in [0, 0.05) is 59.0 Å². The van der Waals surface area contributed by atoms with Gasteiger partial charge in [-0.15, -0.1) is 51.0 Å². The van der Waals surface area contributed by atoms with Crippen LogP contribution in [0.1, 0.15) is 226 Å². The molecule has 4 unspecified atom stereocenters. The molecule has 15 aromatic rings. The molecule has 5 aromatic heterocycles. The number of hydrogen-bond acceptors (Lipinski definition) is 25. The molecule has 5 N–H and O–H groups in total. The smallest absolute Gasteiger partial charge is 0.306 e. The fourth-order valence-electron chi connectivity index (χ4n) is 16.8. The van der Waals surface area contributed by atoms with Gasteiger partial charge in [0.25, 0.3) is 0 Å². The number of hydrogen-bond donors (Lipinski definition) is 5. The van der Waals surface area contributed by atoms with Gasteiger partial charge in [-0.05, 0) is 230 Å². The predicted octanol–water partition coefficient (Wildman–Crippen LogP) is 24.5. The Bertz CT molecular complexity index is 7360. The van der Waals surface area contributed by atoms with E-state index in [1.54, 1.807) is 69.2 Å². The van der Waals surface area contributed by atoms with E-state index in [1.165, 1.54) is 110 Å². The van der Waals surface area contributed by atoms with Crippen molar-refractivity contribution in [3.8, 4) is 28.4 Å². The number of aliphatic carboxylic acids is 5. The first-order chi connectivity index (χ1) is 69.8. The molecule has 776 valence electrons. The molecule has 1 fully saturated rings. The number of thioether (sulfide) groups is 5. The lowest BCUT2D eigenvalue weighted by atomic mass is 9.95. The quantitative estimate of drug-likeness (QED) is 0.0224. The van der Waals surface area contributed by atoms with Gasteiger partial charge in [-0.2, -0.15) is 0 Å². The van der Waals surface area contributed by atoms with Crippen LogP contribution in [-0.2, 0) is 54.4 Å². The van der Waals surface area contributed by atoms with Gasteiger partial charge in [0.15, 0.2) is 25.8 Å². The Kier molecular flexibility index (Phi) is 37.1. The van der Waals surface area contributed by atoms with Crippen molar-refractivity contribution < 1.29 is 73.5 Å². The minimum Gasteiger partial charge on any atom is -0.481 e. The third kappa shape index (κ3) is 26.9.